The summed E-state index contributed by atoms with van der Waals surface area (Å²) in [4.78, 5) is 12.0. The van der Waals surface area contributed by atoms with Crippen LogP contribution >= 0.6 is 0 Å². The third-order valence-corrected chi connectivity index (χ3v) is 2.22. The molecular weight excluding hydrogens is 140 g/mol. The van der Waals surface area contributed by atoms with Gasteiger partial charge in [0.25, 0.3) is 0 Å². The minimum atomic E-state index is 0.621. The molecule has 0 aromatic heterocycles. The topological polar surface area (TPSA) is 46.3 Å². The fourth-order valence-corrected chi connectivity index (χ4v) is 1.62. The first-order valence-electron chi connectivity index (χ1n) is 4.19. The third kappa shape index (κ3) is 2.50. The molecule has 0 aliphatic carbocycles. The summed E-state index contributed by atoms with van der Waals surface area (Å²) >= 11 is 0. The van der Waals surface area contributed by atoms with E-state index in [9.17, 15) is 4.79 Å². The molecule has 0 bridgehead atoms. The first-order chi connectivity index (χ1) is 5.36. The molecule has 2 N–H and O–H groups in total. The Hall–Kier alpha value is -0.570. The number of piperidine rings is 1. The van der Waals surface area contributed by atoms with Gasteiger partial charge in [0, 0.05) is 13.1 Å². The molecule has 1 radical (unpaired) electrons. The van der Waals surface area contributed by atoms with E-state index >= 15 is 0 Å². The van der Waals surface area contributed by atoms with Crippen molar-refractivity contribution in [3.8, 4) is 0 Å². The number of carbonyl (C=O) groups excluding carboxylic acids is 1. The van der Waals surface area contributed by atoms with Gasteiger partial charge < -0.3 is 10.6 Å². The summed E-state index contributed by atoms with van der Waals surface area (Å²) < 4.78 is 0. The molecule has 1 atom stereocenters. The quantitative estimate of drug-likeness (QED) is 0.629. The van der Waals surface area contributed by atoms with Gasteiger partial charge in [0.1, 0.15) is 0 Å². The van der Waals surface area contributed by atoms with Gasteiger partial charge in [-0.15, -0.1) is 0 Å². The first kappa shape index (κ1) is 8.53. The molecule has 0 saturated carbocycles. The Kier molecular flexibility index (Phi) is 3.36. The fourth-order valence-electron chi connectivity index (χ4n) is 1.62. The highest BCUT2D eigenvalue weighted by Gasteiger charge is 2.17. The molecule has 0 aromatic carbocycles. The number of likely N-dealkylation sites (tertiary alicyclic amines) is 1. The van der Waals surface area contributed by atoms with Crippen LogP contribution in [-0.2, 0) is 4.79 Å². The Balaban J connectivity index is 2.27. The highest BCUT2D eigenvalue weighted by molar-refractivity contribution is 5.48. The van der Waals surface area contributed by atoms with E-state index in [2.05, 4.69) is 0 Å². The lowest BCUT2D eigenvalue weighted by molar-refractivity contribution is 0.241. The normalized spacial score (nSPS) is 25.2. The number of rotatable bonds is 3. The summed E-state index contributed by atoms with van der Waals surface area (Å²) in [6.07, 6.45) is 5.30. The molecule has 1 amide bonds. The summed E-state index contributed by atoms with van der Waals surface area (Å²) in [5, 5.41) is 0. The lowest BCUT2D eigenvalue weighted by atomic mass is 9.95. The van der Waals surface area contributed by atoms with Gasteiger partial charge >= 0.3 is 6.41 Å². The van der Waals surface area contributed by atoms with Crippen molar-refractivity contribution in [2.75, 3.05) is 19.6 Å². The van der Waals surface area contributed by atoms with Crippen molar-refractivity contribution in [3.05, 3.63) is 0 Å². The van der Waals surface area contributed by atoms with Crippen LogP contribution in [0.3, 0.4) is 0 Å². The van der Waals surface area contributed by atoms with Crippen molar-refractivity contribution in [1.82, 2.24) is 4.90 Å². The van der Waals surface area contributed by atoms with E-state index in [-0.39, 0.29) is 0 Å². The van der Waals surface area contributed by atoms with Crippen LogP contribution in [0.5, 0.6) is 0 Å². The van der Waals surface area contributed by atoms with Crippen LogP contribution < -0.4 is 5.73 Å². The molecule has 1 aliphatic rings. The Morgan fingerprint density at radius 3 is 3.09 bits per heavy atom. The largest absolute Gasteiger partial charge is 0.334 e. The van der Waals surface area contributed by atoms with Gasteiger partial charge in [-0.05, 0) is 31.7 Å². The second-order valence-corrected chi connectivity index (χ2v) is 3.12. The molecule has 63 valence electrons. The minimum absolute atomic E-state index is 0.621. The van der Waals surface area contributed by atoms with E-state index in [0.29, 0.717) is 5.92 Å². The molecule has 1 heterocycles. The predicted octanol–water partition coefficient (Wildman–Crippen LogP) is 0.114. The summed E-state index contributed by atoms with van der Waals surface area (Å²) in [7, 11) is 0. The molecular formula is C8H15N2O. The van der Waals surface area contributed by atoms with Crippen LogP contribution in [0.1, 0.15) is 19.3 Å². The van der Waals surface area contributed by atoms with Crippen LogP contribution in [0.15, 0.2) is 0 Å². The smallest absolute Gasteiger partial charge is 0.312 e. The maximum Gasteiger partial charge on any atom is 0.312 e. The van der Waals surface area contributed by atoms with E-state index in [4.69, 9.17) is 5.73 Å². The summed E-state index contributed by atoms with van der Waals surface area (Å²) in [6, 6.07) is 0. The maximum absolute atomic E-state index is 10.3. The molecule has 1 rings (SSSR count). The van der Waals surface area contributed by atoms with Gasteiger partial charge in [-0.2, -0.15) is 0 Å². The van der Waals surface area contributed by atoms with Crippen molar-refractivity contribution in [2.45, 2.75) is 19.3 Å². The van der Waals surface area contributed by atoms with Crippen LogP contribution in [0.4, 0.5) is 0 Å². The Morgan fingerprint density at radius 1 is 1.64 bits per heavy atom. The molecule has 3 heteroatoms. The standard InChI is InChI=1S/C8H15N2O/c9-4-3-8-2-1-5-10(6-8)7-11/h8H,1-6,9H2/t8-/m1/s1. The molecule has 1 aliphatic heterocycles. The van der Waals surface area contributed by atoms with Crippen LogP contribution in [0, 0.1) is 5.92 Å². The number of amides is 1. The van der Waals surface area contributed by atoms with Crippen molar-refractivity contribution in [1.29, 1.82) is 0 Å². The second kappa shape index (κ2) is 4.34. The van der Waals surface area contributed by atoms with Crippen molar-refractivity contribution >= 4 is 6.41 Å². The molecule has 3 nitrogen and oxygen atoms in total. The van der Waals surface area contributed by atoms with E-state index in [1.54, 1.807) is 4.90 Å². The average Bonchev–Trinajstić information content (AvgIpc) is 2.06. The summed E-state index contributed by atoms with van der Waals surface area (Å²) in [6.45, 7) is 2.47. The van der Waals surface area contributed by atoms with E-state index in [1.807, 2.05) is 6.41 Å². The zero-order valence-corrected chi connectivity index (χ0v) is 6.75. The number of hydrogen-bond acceptors (Lipinski definition) is 2. The van der Waals surface area contributed by atoms with Crippen molar-refractivity contribution in [2.24, 2.45) is 11.7 Å². The zero-order valence-electron chi connectivity index (χ0n) is 6.75. The third-order valence-electron chi connectivity index (χ3n) is 2.22. The minimum Gasteiger partial charge on any atom is -0.334 e. The highest BCUT2D eigenvalue weighted by atomic mass is 16.1. The molecule has 0 unspecified atom stereocenters. The monoisotopic (exact) mass is 155 g/mol. The summed E-state index contributed by atoms with van der Waals surface area (Å²) in [5.74, 6) is 0.621. The van der Waals surface area contributed by atoms with Crippen LogP contribution in [0.2, 0.25) is 0 Å². The Morgan fingerprint density at radius 2 is 2.45 bits per heavy atom. The Bertz CT molecular complexity index is 125. The Labute approximate surface area is 67.5 Å². The molecule has 1 fully saturated rings. The molecule has 0 aromatic rings. The molecule has 0 spiro atoms. The lowest BCUT2D eigenvalue weighted by Gasteiger charge is -2.28. The van der Waals surface area contributed by atoms with Crippen LogP contribution in [0.25, 0.3) is 0 Å². The van der Waals surface area contributed by atoms with Gasteiger partial charge in [0.2, 0.25) is 0 Å². The molecule has 1 saturated heterocycles. The fraction of sp³-hybridized carbons (Fsp3) is 0.875. The van der Waals surface area contributed by atoms with E-state index < -0.39 is 0 Å². The van der Waals surface area contributed by atoms with Gasteiger partial charge in [-0.25, -0.2) is 0 Å². The lowest BCUT2D eigenvalue weighted by Crippen LogP contribution is -2.34. The predicted molar refractivity (Wildman–Crippen MR) is 43.7 cm³/mol. The number of hydrogen-bond donors (Lipinski definition) is 1. The average molecular weight is 155 g/mol. The van der Waals surface area contributed by atoms with Gasteiger partial charge in [-0.3, -0.25) is 4.79 Å². The zero-order chi connectivity index (χ0) is 8.10. The van der Waals surface area contributed by atoms with Gasteiger partial charge in [0.05, 0.1) is 0 Å². The maximum atomic E-state index is 10.3. The van der Waals surface area contributed by atoms with Gasteiger partial charge in [0.15, 0.2) is 0 Å². The second-order valence-electron chi connectivity index (χ2n) is 3.12. The van der Waals surface area contributed by atoms with Crippen molar-refractivity contribution < 1.29 is 4.79 Å². The highest BCUT2D eigenvalue weighted by Crippen LogP contribution is 2.17. The van der Waals surface area contributed by atoms with E-state index in [0.717, 1.165) is 32.5 Å². The van der Waals surface area contributed by atoms with E-state index in [1.165, 1.54) is 6.42 Å². The SMILES string of the molecule is NCC[C@H]1CCCN([C]=O)C1. The first-order valence-corrected chi connectivity index (χ1v) is 4.19. The van der Waals surface area contributed by atoms with Crippen molar-refractivity contribution in [3.63, 3.8) is 0 Å². The molecule has 11 heavy (non-hydrogen) atoms. The summed E-state index contributed by atoms with van der Waals surface area (Å²) in [5.41, 5.74) is 5.43. The number of nitrogens with two attached hydrogens (primary N) is 1. The van der Waals surface area contributed by atoms with Gasteiger partial charge in [-0.1, -0.05) is 0 Å². The number of nitrogens with zero attached hydrogens (tertiary/aromatic N) is 1. The van der Waals surface area contributed by atoms with Crippen LogP contribution in [-0.4, -0.2) is 30.9 Å².